The summed E-state index contributed by atoms with van der Waals surface area (Å²) in [5, 5.41) is 6.78. The van der Waals surface area contributed by atoms with Gasteiger partial charge in [-0.05, 0) is 51.2 Å². The van der Waals surface area contributed by atoms with Crippen LogP contribution in [0.5, 0.6) is 0 Å². The first-order valence-corrected chi connectivity index (χ1v) is 12.3. The van der Waals surface area contributed by atoms with Gasteiger partial charge in [0.25, 0.3) is 0 Å². The predicted molar refractivity (Wildman–Crippen MR) is 129 cm³/mol. The van der Waals surface area contributed by atoms with E-state index < -0.39 is 0 Å². The molecule has 2 aliphatic heterocycles. The molecule has 7 nitrogen and oxygen atoms in total. The van der Waals surface area contributed by atoms with Gasteiger partial charge in [-0.3, -0.25) is 4.90 Å². The Bertz CT molecular complexity index is 684. The summed E-state index contributed by atoms with van der Waals surface area (Å²) in [5.74, 6) is 0.857. The Hall–Kier alpha value is -1.67. The highest BCUT2D eigenvalue weighted by Crippen LogP contribution is 2.17. The molecule has 0 saturated carbocycles. The van der Waals surface area contributed by atoms with Crippen LogP contribution in [0, 0.1) is 0 Å². The quantitative estimate of drug-likeness (QED) is 0.310. The van der Waals surface area contributed by atoms with E-state index in [1.54, 1.807) is 0 Å². The van der Waals surface area contributed by atoms with E-state index >= 15 is 0 Å². The molecular weight excluding hydrogens is 404 g/mol. The third kappa shape index (κ3) is 8.70. The van der Waals surface area contributed by atoms with Crippen LogP contribution in [0.2, 0.25) is 0 Å². The standard InChI is InChI=1S/C25H42N4O3/c1-4-26-25(27-12-8-13-30-19-24-11-7-14-31-24)28-15-22-9-5-6-10-23(22)18-29-16-20(2)32-21(3)17-29/h5-6,9-10,20-21,24H,4,7-8,11-19H2,1-3H3,(H2,26,27,28). The summed E-state index contributed by atoms with van der Waals surface area (Å²) >= 11 is 0. The first kappa shape index (κ1) is 25.0. The summed E-state index contributed by atoms with van der Waals surface area (Å²) in [6.45, 7) is 14.0. The lowest BCUT2D eigenvalue weighted by atomic mass is 10.1. The van der Waals surface area contributed by atoms with E-state index in [0.29, 0.717) is 19.3 Å². The van der Waals surface area contributed by atoms with Gasteiger partial charge in [0.1, 0.15) is 0 Å². The van der Waals surface area contributed by atoms with Gasteiger partial charge in [-0.2, -0.15) is 0 Å². The third-order valence-electron chi connectivity index (χ3n) is 5.84. The van der Waals surface area contributed by atoms with Gasteiger partial charge < -0.3 is 24.8 Å². The molecular formula is C25H42N4O3. The highest BCUT2D eigenvalue weighted by atomic mass is 16.5. The first-order chi connectivity index (χ1) is 15.6. The molecule has 2 heterocycles. The van der Waals surface area contributed by atoms with E-state index in [1.807, 2.05) is 0 Å². The van der Waals surface area contributed by atoms with Crippen LogP contribution in [-0.4, -0.2) is 75.2 Å². The largest absolute Gasteiger partial charge is 0.379 e. The molecule has 2 aliphatic rings. The van der Waals surface area contributed by atoms with E-state index in [-0.39, 0.29) is 12.2 Å². The molecule has 0 radical (unpaired) electrons. The van der Waals surface area contributed by atoms with Crippen LogP contribution in [0.15, 0.2) is 29.3 Å². The second-order valence-electron chi connectivity index (χ2n) is 8.91. The molecule has 1 aromatic rings. The summed E-state index contributed by atoms with van der Waals surface area (Å²) < 4.78 is 17.2. The number of morpholine rings is 1. The highest BCUT2D eigenvalue weighted by Gasteiger charge is 2.22. The Morgan fingerprint density at radius 2 is 1.94 bits per heavy atom. The van der Waals surface area contributed by atoms with Crippen molar-refractivity contribution < 1.29 is 14.2 Å². The van der Waals surface area contributed by atoms with Crippen molar-refractivity contribution in [3.05, 3.63) is 35.4 Å². The van der Waals surface area contributed by atoms with Gasteiger partial charge in [-0.1, -0.05) is 24.3 Å². The fourth-order valence-corrected chi connectivity index (χ4v) is 4.40. The van der Waals surface area contributed by atoms with Crippen molar-refractivity contribution in [1.29, 1.82) is 0 Å². The molecule has 2 fully saturated rings. The molecule has 1 aromatic carbocycles. The maximum absolute atomic E-state index is 5.88. The van der Waals surface area contributed by atoms with Gasteiger partial charge in [0, 0.05) is 45.9 Å². The molecule has 180 valence electrons. The van der Waals surface area contributed by atoms with E-state index in [9.17, 15) is 0 Å². The van der Waals surface area contributed by atoms with Crippen molar-refractivity contribution in [2.75, 3.05) is 46.0 Å². The number of nitrogens with zero attached hydrogens (tertiary/aromatic N) is 2. The van der Waals surface area contributed by atoms with Crippen molar-refractivity contribution in [2.24, 2.45) is 4.99 Å². The van der Waals surface area contributed by atoms with E-state index in [4.69, 9.17) is 19.2 Å². The zero-order valence-corrected chi connectivity index (χ0v) is 20.1. The summed E-state index contributed by atoms with van der Waals surface area (Å²) in [4.78, 5) is 7.33. The monoisotopic (exact) mass is 446 g/mol. The van der Waals surface area contributed by atoms with Crippen LogP contribution in [0.3, 0.4) is 0 Å². The van der Waals surface area contributed by atoms with Crippen LogP contribution >= 0.6 is 0 Å². The predicted octanol–water partition coefficient (Wildman–Crippen LogP) is 2.94. The number of aliphatic imine (C=N–C) groups is 1. The second kappa shape index (κ2) is 13.8. The Morgan fingerprint density at radius 1 is 1.16 bits per heavy atom. The molecule has 0 aromatic heterocycles. The van der Waals surface area contributed by atoms with Crippen LogP contribution in [0.4, 0.5) is 0 Å². The minimum Gasteiger partial charge on any atom is -0.379 e. The Morgan fingerprint density at radius 3 is 2.66 bits per heavy atom. The van der Waals surface area contributed by atoms with Crippen molar-refractivity contribution in [3.8, 4) is 0 Å². The first-order valence-electron chi connectivity index (χ1n) is 12.3. The lowest BCUT2D eigenvalue weighted by molar-refractivity contribution is -0.0705. The number of nitrogens with one attached hydrogen (secondary N) is 2. The average molecular weight is 447 g/mol. The number of hydrogen-bond donors (Lipinski definition) is 2. The van der Waals surface area contributed by atoms with Crippen molar-refractivity contribution in [1.82, 2.24) is 15.5 Å². The third-order valence-corrected chi connectivity index (χ3v) is 5.84. The van der Waals surface area contributed by atoms with Gasteiger partial charge >= 0.3 is 0 Å². The minimum atomic E-state index is 0.281. The molecule has 3 atom stereocenters. The van der Waals surface area contributed by atoms with Crippen LogP contribution in [0.25, 0.3) is 0 Å². The summed E-state index contributed by atoms with van der Waals surface area (Å²) in [5.41, 5.74) is 2.62. The highest BCUT2D eigenvalue weighted by molar-refractivity contribution is 5.79. The zero-order chi connectivity index (χ0) is 22.6. The lowest BCUT2D eigenvalue weighted by Gasteiger charge is -2.35. The van der Waals surface area contributed by atoms with Gasteiger partial charge in [-0.25, -0.2) is 4.99 Å². The van der Waals surface area contributed by atoms with E-state index in [0.717, 1.165) is 71.2 Å². The van der Waals surface area contributed by atoms with Crippen LogP contribution in [-0.2, 0) is 27.3 Å². The molecule has 0 amide bonds. The minimum absolute atomic E-state index is 0.281. The zero-order valence-electron chi connectivity index (χ0n) is 20.1. The molecule has 3 rings (SSSR count). The Balaban J connectivity index is 1.45. The van der Waals surface area contributed by atoms with Gasteiger partial charge in [0.05, 0.1) is 31.5 Å². The summed E-state index contributed by atoms with van der Waals surface area (Å²) in [7, 11) is 0. The maximum Gasteiger partial charge on any atom is 0.191 e. The topological polar surface area (TPSA) is 67.4 Å². The summed E-state index contributed by atoms with van der Waals surface area (Å²) in [6, 6.07) is 8.64. The van der Waals surface area contributed by atoms with Crippen LogP contribution < -0.4 is 10.6 Å². The smallest absolute Gasteiger partial charge is 0.191 e. The van der Waals surface area contributed by atoms with Crippen molar-refractivity contribution in [3.63, 3.8) is 0 Å². The normalized spacial score (nSPS) is 24.6. The molecule has 32 heavy (non-hydrogen) atoms. The Kier molecular flexibility index (Phi) is 10.8. The Labute approximate surface area is 193 Å². The fourth-order valence-electron chi connectivity index (χ4n) is 4.40. The van der Waals surface area contributed by atoms with Crippen molar-refractivity contribution >= 4 is 5.96 Å². The number of hydrogen-bond acceptors (Lipinski definition) is 5. The van der Waals surface area contributed by atoms with Gasteiger partial charge in [-0.15, -0.1) is 0 Å². The summed E-state index contributed by atoms with van der Waals surface area (Å²) in [6.07, 6.45) is 4.09. The van der Waals surface area contributed by atoms with Crippen LogP contribution in [0.1, 0.15) is 51.2 Å². The molecule has 0 spiro atoms. The number of benzene rings is 1. The number of rotatable bonds is 11. The molecule has 2 saturated heterocycles. The van der Waals surface area contributed by atoms with E-state index in [1.165, 1.54) is 11.1 Å². The molecule has 2 N–H and O–H groups in total. The average Bonchev–Trinajstić information content (AvgIpc) is 3.28. The SMILES string of the molecule is CCNC(=NCc1ccccc1CN1CC(C)OC(C)C1)NCCCOCC1CCCO1. The fraction of sp³-hybridized carbons (Fsp3) is 0.720. The van der Waals surface area contributed by atoms with Crippen molar-refractivity contribution in [2.45, 2.75) is 71.4 Å². The number of guanidine groups is 1. The molecule has 0 bridgehead atoms. The second-order valence-corrected chi connectivity index (χ2v) is 8.91. The maximum atomic E-state index is 5.88. The molecule has 3 unspecified atom stereocenters. The molecule has 7 heteroatoms. The number of ether oxygens (including phenoxy) is 3. The lowest BCUT2D eigenvalue weighted by Crippen LogP contribution is -2.44. The van der Waals surface area contributed by atoms with Gasteiger partial charge in [0.15, 0.2) is 5.96 Å². The van der Waals surface area contributed by atoms with Gasteiger partial charge in [0.2, 0.25) is 0 Å². The molecule has 0 aliphatic carbocycles. The van der Waals surface area contributed by atoms with E-state index in [2.05, 4.69) is 60.6 Å².